The second-order valence-corrected chi connectivity index (χ2v) is 10.5. The van der Waals surface area contributed by atoms with Crippen molar-refractivity contribution in [2.75, 3.05) is 13.1 Å². The molecule has 0 radical (unpaired) electrons. The number of aryl methyl sites for hydroxylation is 2. The fourth-order valence-electron chi connectivity index (χ4n) is 5.40. The first kappa shape index (κ1) is 29.6. The molecular formula is C28H33F2NO10. The van der Waals surface area contributed by atoms with Gasteiger partial charge in [0.1, 0.15) is 65.9 Å². The predicted molar refractivity (Wildman–Crippen MR) is 136 cm³/mol. The number of hydrogen-bond acceptors (Lipinski definition) is 10. The summed E-state index contributed by atoms with van der Waals surface area (Å²) in [4.78, 5) is 11.5. The van der Waals surface area contributed by atoms with Gasteiger partial charge in [-0.3, -0.25) is 0 Å². The molecule has 3 aliphatic heterocycles. The van der Waals surface area contributed by atoms with Crippen LogP contribution in [0.15, 0.2) is 36.4 Å². The standard InChI is InChI=1S/C28H33F2NO10/c29-15-3-7-18-13(9-15)1-5-20(38-18)17(32)11-31-12-22(21-6-2-14-10-16(30)4-8-19(14)39-21)40-28-25(35)23(33)24(34)26(41-28)27(36)37/h3-4,7-10,17,20-26,28,31-35H,1-2,5-6,11-12H2,(H,36,37)/t17-,20-,21-,22-,23-,24-,25+,26-,28-/m0/s1. The monoisotopic (exact) mass is 581 g/mol. The van der Waals surface area contributed by atoms with E-state index in [1.54, 1.807) is 0 Å². The van der Waals surface area contributed by atoms with Gasteiger partial charge in [0.05, 0.1) is 0 Å². The first-order valence-corrected chi connectivity index (χ1v) is 13.5. The zero-order chi connectivity index (χ0) is 29.3. The van der Waals surface area contributed by atoms with Crippen LogP contribution in [0, 0.1) is 11.6 Å². The van der Waals surface area contributed by atoms with E-state index in [0.717, 1.165) is 5.56 Å². The van der Waals surface area contributed by atoms with Crippen LogP contribution in [0.3, 0.4) is 0 Å². The molecule has 0 aliphatic carbocycles. The van der Waals surface area contributed by atoms with Gasteiger partial charge in [-0.15, -0.1) is 0 Å². The maximum atomic E-state index is 13.7. The highest BCUT2D eigenvalue weighted by molar-refractivity contribution is 5.73. The second kappa shape index (κ2) is 12.5. The molecule has 9 atom stereocenters. The van der Waals surface area contributed by atoms with Crippen molar-refractivity contribution in [2.24, 2.45) is 0 Å². The van der Waals surface area contributed by atoms with Crippen molar-refractivity contribution < 1.29 is 58.1 Å². The number of hydrogen-bond donors (Lipinski definition) is 6. The number of carbonyl (C=O) groups is 1. The minimum absolute atomic E-state index is 0.0374. The maximum absolute atomic E-state index is 13.7. The van der Waals surface area contributed by atoms with Crippen molar-refractivity contribution in [3.8, 4) is 11.5 Å². The largest absolute Gasteiger partial charge is 0.487 e. The summed E-state index contributed by atoms with van der Waals surface area (Å²) in [5, 5.41) is 54.0. The Kier molecular flexibility index (Phi) is 9.04. The van der Waals surface area contributed by atoms with E-state index in [4.69, 9.17) is 18.9 Å². The van der Waals surface area contributed by atoms with E-state index < -0.39 is 66.9 Å². The lowest BCUT2D eigenvalue weighted by Gasteiger charge is -2.41. The second-order valence-electron chi connectivity index (χ2n) is 10.5. The predicted octanol–water partition coefficient (Wildman–Crippen LogP) is 0.280. The van der Waals surface area contributed by atoms with Gasteiger partial charge in [-0.05, 0) is 73.2 Å². The third-order valence-electron chi connectivity index (χ3n) is 7.66. The lowest BCUT2D eigenvalue weighted by atomic mass is 9.97. The minimum Gasteiger partial charge on any atom is -0.487 e. The molecule has 0 aromatic heterocycles. The first-order valence-electron chi connectivity index (χ1n) is 13.5. The molecule has 0 spiro atoms. The number of rotatable bonds is 9. The van der Waals surface area contributed by atoms with Gasteiger partial charge < -0.3 is 49.8 Å². The summed E-state index contributed by atoms with van der Waals surface area (Å²) in [5.41, 5.74) is 1.39. The third kappa shape index (κ3) is 6.61. The quantitative estimate of drug-likeness (QED) is 0.241. The van der Waals surface area contributed by atoms with E-state index >= 15 is 0 Å². The van der Waals surface area contributed by atoms with Crippen LogP contribution in [0.5, 0.6) is 11.5 Å². The number of carboxylic acids is 1. The average molecular weight is 582 g/mol. The smallest absolute Gasteiger partial charge is 0.335 e. The Balaban J connectivity index is 1.26. The van der Waals surface area contributed by atoms with Gasteiger partial charge in [0, 0.05) is 13.1 Å². The number of halogens is 2. The van der Waals surface area contributed by atoms with Crippen LogP contribution < -0.4 is 14.8 Å². The Morgan fingerprint density at radius 3 is 2.10 bits per heavy atom. The first-order chi connectivity index (χ1) is 19.6. The van der Waals surface area contributed by atoms with Crippen molar-refractivity contribution >= 4 is 5.97 Å². The molecule has 2 aromatic carbocycles. The summed E-state index contributed by atoms with van der Waals surface area (Å²) >= 11 is 0. The van der Waals surface area contributed by atoms with Crippen molar-refractivity contribution in [3.63, 3.8) is 0 Å². The van der Waals surface area contributed by atoms with Gasteiger partial charge in [0.25, 0.3) is 0 Å². The number of carboxylic acid groups (broad SMARTS) is 1. The number of ether oxygens (including phenoxy) is 4. The molecule has 6 N–H and O–H groups in total. The molecule has 1 saturated heterocycles. The van der Waals surface area contributed by atoms with Crippen LogP contribution in [-0.4, -0.2) is 99.7 Å². The SMILES string of the molecule is O=C(O)[C@H]1O[C@H](O[C@@H](CNC[C@H](O)[C@@H]2CCc3cc(F)ccc3O2)[C@@H]2CCc3cc(F)ccc3O2)[C@H](O)[C@@H](O)[C@@H]1O. The summed E-state index contributed by atoms with van der Waals surface area (Å²) in [6, 6.07) is 8.33. The van der Waals surface area contributed by atoms with Crippen molar-refractivity contribution in [1.29, 1.82) is 0 Å². The molecule has 0 bridgehead atoms. The van der Waals surface area contributed by atoms with Crippen molar-refractivity contribution in [2.45, 2.75) is 80.8 Å². The Morgan fingerprint density at radius 2 is 1.49 bits per heavy atom. The van der Waals surface area contributed by atoms with E-state index in [0.29, 0.717) is 42.7 Å². The van der Waals surface area contributed by atoms with Crippen LogP contribution in [0.4, 0.5) is 8.78 Å². The molecule has 11 nitrogen and oxygen atoms in total. The zero-order valence-corrected chi connectivity index (χ0v) is 21.9. The molecule has 1 fully saturated rings. The molecule has 13 heteroatoms. The molecule has 0 unspecified atom stereocenters. The molecule has 5 rings (SSSR count). The summed E-state index contributed by atoms with van der Waals surface area (Å²) in [7, 11) is 0. The van der Waals surface area contributed by atoms with Crippen LogP contribution in [-0.2, 0) is 27.1 Å². The topological polar surface area (TPSA) is 167 Å². The van der Waals surface area contributed by atoms with Gasteiger partial charge in [0.2, 0.25) is 0 Å². The third-order valence-corrected chi connectivity index (χ3v) is 7.66. The summed E-state index contributed by atoms with van der Waals surface area (Å²) in [6.07, 6.45) is -10.2. The Labute approximate surface area is 234 Å². The number of nitrogens with one attached hydrogen (secondary N) is 1. The zero-order valence-electron chi connectivity index (χ0n) is 21.9. The molecule has 3 heterocycles. The van der Waals surface area contributed by atoms with E-state index in [9.17, 15) is 39.1 Å². The molecule has 2 aromatic rings. The van der Waals surface area contributed by atoms with Gasteiger partial charge in [-0.1, -0.05) is 0 Å². The number of aliphatic carboxylic acids is 1. The molecule has 0 amide bonds. The number of aliphatic hydroxyl groups is 4. The highest BCUT2D eigenvalue weighted by Crippen LogP contribution is 2.32. The number of aliphatic hydroxyl groups excluding tert-OH is 4. The van der Waals surface area contributed by atoms with Gasteiger partial charge in [-0.25, -0.2) is 13.6 Å². The molecule has 0 saturated carbocycles. The lowest BCUT2D eigenvalue weighted by Crippen LogP contribution is -2.62. The Hall–Kier alpha value is -2.91. The highest BCUT2D eigenvalue weighted by atomic mass is 19.1. The fourth-order valence-corrected chi connectivity index (χ4v) is 5.40. The molecule has 3 aliphatic rings. The maximum Gasteiger partial charge on any atom is 0.335 e. The van der Waals surface area contributed by atoms with E-state index in [-0.39, 0.29) is 18.9 Å². The van der Waals surface area contributed by atoms with Crippen LogP contribution >= 0.6 is 0 Å². The Morgan fingerprint density at radius 1 is 0.902 bits per heavy atom. The van der Waals surface area contributed by atoms with Crippen LogP contribution in [0.25, 0.3) is 0 Å². The minimum atomic E-state index is -1.88. The van der Waals surface area contributed by atoms with Crippen LogP contribution in [0.2, 0.25) is 0 Å². The number of benzene rings is 2. The lowest BCUT2D eigenvalue weighted by molar-refractivity contribution is -0.309. The van der Waals surface area contributed by atoms with E-state index in [1.807, 2.05) is 0 Å². The normalized spacial score (nSPS) is 30.7. The fraction of sp³-hybridized carbons (Fsp3) is 0.536. The summed E-state index contributed by atoms with van der Waals surface area (Å²) < 4.78 is 50.4. The van der Waals surface area contributed by atoms with Gasteiger partial charge in [0.15, 0.2) is 12.4 Å². The highest BCUT2D eigenvalue weighted by Gasteiger charge is 2.49. The molecule has 224 valence electrons. The molecular weight excluding hydrogens is 548 g/mol. The van der Waals surface area contributed by atoms with Gasteiger partial charge in [-0.2, -0.15) is 0 Å². The van der Waals surface area contributed by atoms with Crippen molar-refractivity contribution in [3.05, 3.63) is 59.2 Å². The van der Waals surface area contributed by atoms with E-state index in [1.165, 1.54) is 36.4 Å². The summed E-state index contributed by atoms with van der Waals surface area (Å²) in [5.74, 6) is -1.37. The Bertz CT molecular complexity index is 1230. The van der Waals surface area contributed by atoms with Crippen LogP contribution in [0.1, 0.15) is 24.0 Å². The van der Waals surface area contributed by atoms with Gasteiger partial charge >= 0.3 is 5.97 Å². The van der Waals surface area contributed by atoms with Crippen molar-refractivity contribution in [1.82, 2.24) is 5.32 Å². The average Bonchev–Trinajstić information content (AvgIpc) is 2.95. The molecule has 41 heavy (non-hydrogen) atoms. The van der Waals surface area contributed by atoms with E-state index in [2.05, 4.69) is 5.32 Å². The number of fused-ring (bicyclic) bond motifs is 2. The summed E-state index contributed by atoms with van der Waals surface area (Å²) in [6.45, 7) is 0.0957.